The average molecular weight is 412 g/mol. The molecule has 0 bridgehead atoms. The maximum atomic E-state index is 12.1. The molecule has 3 rings (SSSR count). The van der Waals surface area contributed by atoms with E-state index in [2.05, 4.69) is 10.6 Å². The topological polar surface area (TPSA) is 136 Å². The highest BCUT2D eigenvalue weighted by atomic mass is 16.6. The predicted molar refractivity (Wildman–Crippen MR) is 109 cm³/mol. The molecule has 2 amide bonds. The number of nitro groups is 1. The Morgan fingerprint density at radius 1 is 1.17 bits per heavy atom. The van der Waals surface area contributed by atoms with Gasteiger partial charge in [0.15, 0.2) is 5.58 Å². The number of nitro benzene ring substituents is 1. The van der Waals surface area contributed by atoms with Gasteiger partial charge in [0.1, 0.15) is 0 Å². The van der Waals surface area contributed by atoms with Crippen LogP contribution in [0, 0.1) is 10.1 Å². The summed E-state index contributed by atoms with van der Waals surface area (Å²) >= 11 is 0. The maximum Gasteiger partial charge on any atom is 0.419 e. The fourth-order valence-corrected chi connectivity index (χ4v) is 2.98. The third kappa shape index (κ3) is 5.10. The summed E-state index contributed by atoms with van der Waals surface area (Å²) in [7, 11) is 0. The van der Waals surface area contributed by atoms with E-state index in [9.17, 15) is 24.5 Å². The van der Waals surface area contributed by atoms with Crippen LogP contribution in [0.3, 0.4) is 0 Å². The fourth-order valence-electron chi connectivity index (χ4n) is 2.98. The third-order valence-electron chi connectivity index (χ3n) is 4.41. The molecule has 10 heteroatoms. The van der Waals surface area contributed by atoms with Crippen LogP contribution in [-0.4, -0.2) is 21.3 Å². The number of hydrogen-bond donors (Lipinski definition) is 2. The highest BCUT2D eigenvalue weighted by Crippen LogP contribution is 2.20. The third-order valence-corrected chi connectivity index (χ3v) is 4.41. The number of fused-ring (bicyclic) bond motifs is 1. The molecule has 2 N–H and O–H groups in total. The number of nitrogens with one attached hydrogen (secondary N) is 2. The molecule has 0 atom stereocenters. The standard InChI is InChI=1S/C20H20N4O6/c1-13(25)22-15-6-4-14(5-7-15)12-21-19(26)3-2-10-23-17-9-8-16(24(28)29)11-18(17)30-20(23)27/h4-9,11H,2-3,10,12H2,1H3,(H,21,26)(H,22,25). The zero-order valence-electron chi connectivity index (χ0n) is 16.2. The van der Waals surface area contributed by atoms with Crippen molar-refractivity contribution in [2.45, 2.75) is 32.9 Å². The van der Waals surface area contributed by atoms with Gasteiger partial charge in [-0.1, -0.05) is 12.1 Å². The first-order chi connectivity index (χ1) is 14.3. The second-order valence-corrected chi connectivity index (χ2v) is 6.69. The van der Waals surface area contributed by atoms with Gasteiger partial charge in [-0.3, -0.25) is 24.3 Å². The van der Waals surface area contributed by atoms with Gasteiger partial charge in [0, 0.05) is 38.2 Å². The van der Waals surface area contributed by atoms with Crippen LogP contribution >= 0.6 is 0 Å². The van der Waals surface area contributed by atoms with E-state index in [0.29, 0.717) is 24.2 Å². The normalized spacial score (nSPS) is 10.7. The Morgan fingerprint density at radius 3 is 2.57 bits per heavy atom. The zero-order chi connectivity index (χ0) is 21.7. The molecule has 0 spiro atoms. The summed E-state index contributed by atoms with van der Waals surface area (Å²) in [6, 6.07) is 11.1. The Labute approximate surface area is 170 Å². The summed E-state index contributed by atoms with van der Waals surface area (Å²) in [6.45, 7) is 2.03. The second-order valence-electron chi connectivity index (χ2n) is 6.69. The number of oxazole rings is 1. The Balaban J connectivity index is 1.51. The number of aromatic nitrogens is 1. The summed E-state index contributed by atoms with van der Waals surface area (Å²) in [5.41, 5.74) is 2.00. The van der Waals surface area contributed by atoms with Crippen molar-refractivity contribution in [1.29, 1.82) is 0 Å². The molecule has 3 aromatic rings. The minimum absolute atomic E-state index is 0.140. The molecule has 0 unspecified atom stereocenters. The van der Waals surface area contributed by atoms with Crippen LogP contribution < -0.4 is 16.4 Å². The van der Waals surface area contributed by atoms with Crippen molar-refractivity contribution in [2.75, 3.05) is 5.32 Å². The van der Waals surface area contributed by atoms with Crippen LogP contribution in [-0.2, 0) is 22.7 Å². The fraction of sp³-hybridized carbons (Fsp3) is 0.250. The quantitative estimate of drug-likeness (QED) is 0.431. The SMILES string of the molecule is CC(=O)Nc1ccc(CNC(=O)CCCn2c(=O)oc3cc([N+](=O)[O-])ccc32)cc1. The van der Waals surface area contributed by atoms with E-state index in [1.807, 2.05) is 12.1 Å². The molecule has 156 valence electrons. The van der Waals surface area contributed by atoms with Crippen molar-refractivity contribution < 1.29 is 18.9 Å². The van der Waals surface area contributed by atoms with Crippen molar-refractivity contribution in [1.82, 2.24) is 9.88 Å². The Hall–Kier alpha value is -3.95. The van der Waals surface area contributed by atoms with Gasteiger partial charge >= 0.3 is 5.76 Å². The largest absolute Gasteiger partial charge is 0.419 e. The molecule has 0 aliphatic rings. The number of hydrogen-bond acceptors (Lipinski definition) is 6. The van der Waals surface area contributed by atoms with Gasteiger partial charge in [0.2, 0.25) is 11.8 Å². The number of benzene rings is 2. The predicted octanol–water partition coefficient (Wildman–Crippen LogP) is 2.56. The van der Waals surface area contributed by atoms with E-state index in [1.165, 1.54) is 29.7 Å². The lowest BCUT2D eigenvalue weighted by Crippen LogP contribution is -2.23. The number of non-ortho nitro benzene ring substituents is 1. The molecule has 0 fully saturated rings. The summed E-state index contributed by atoms with van der Waals surface area (Å²) in [4.78, 5) is 45.3. The summed E-state index contributed by atoms with van der Waals surface area (Å²) in [5.74, 6) is -0.943. The van der Waals surface area contributed by atoms with E-state index in [-0.39, 0.29) is 36.1 Å². The maximum absolute atomic E-state index is 12.1. The zero-order valence-corrected chi connectivity index (χ0v) is 16.2. The molecule has 0 saturated heterocycles. The number of aryl methyl sites for hydroxylation is 1. The first kappa shape index (κ1) is 20.8. The molecule has 30 heavy (non-hydrogen) atoms. The molecule has 0 saturated carbocycles. The molecule has 2 aromatic carbocycles. The van der Waals surface area contributed by atoms with Gasteiger partial charge in [-0.15, -0.1) is 0 Å². The number of amides is 2. The molecule has 1 heterocycles. The molecular formula is C20H20N4O6. The molecule has 1 aromatic heterocycles. The lowest BCUT2D eigenvalue weighted by Gasteiger charge is -2.07. The van der Waals surface area contributed by atoms with Crippen molar-refractivity contribution in [3.63, 3.8) is 0 Å². The van der Waals surface area contributed by atoms with Crippen LogP contribution in [0.1, 0.15) is 25.3 Å². The van der Waals surface area contributed by atoms with Crippen molar-refractivity contribution in [3.05, 3.63) is 68.7 Å². The van der Waals surface area contributed by atoms with Gasteiger partial charge < -0.3 is 15.1 Å². The van der Waals surface area contributed by atoms with Crippen molar-refractivity contribution >= 4 is 34.3 Å². The minimum Gasteiger partial charge on any atom is -0.407 e. The molecule has 10 nitrogen and oxygen atoms in total. The number of carbonyl (C=O) groups is 2. The van der Waals surface area contributed by atoms with E-state index in [4.69, 9.17) is 4.42 Å². The highest BCUT2D eigenvalue weighted by molar-refractivity contribution is 5.88. The van der Waals surface area contributed by atoms with E-state index >= 15 is 0 Å². The Bertz CT molecular complexity index is 1150. The number of anilines is 1. The highest BCUT2D eigenvalue weighted by Gasteiger charge is 2.14. The monoisotopic (exact) mass is 412 g/mol. The van der Waals surface area contributed by atoms with Crippen LogP contribution in [0.25, 0.3) is 11.1 Å². The van der Waals surface area contributed by atoms with E-state index in [0.717, 1.165) is 5.56 Å². The Morgan fingerprint density at radius 2 is 1.90 bits per heavy atom. The molecule has 0 aliphatic heterocycles. The lowest BCUT2D eigenvalue weighted by molar-refractivity contribution is -0.384. The smallest absolute Gasteiger partial charge is 0.407 e. The van der Waals surface area contributed by atoms with Crippen LogP contribution in [0.4, 0.5) is 11.4 Å². The number of rotatable bonds is 8. The lowest BCUT2D eigenvalue weighted by atomic mass is 10.2. The summed E-state index contributed by atoms with van der Waals surface area (Å²) in [6.07, 6.45) is 0.606. The first-order valence-corrected chi connectivity index (χ1v) is 9.24. The van der Waals surface area contributed by atoms with Crippen LogP contribution in [0.5, 0.6) is 0 Å². The Kier molecular flexibility index (Phi) is 6.26. The first-order valence-electron chi connectivity index (χ1n) is 9.24. The van der Waals surface area contributed by atoms with Gasteiger partial charge in [0.05, 0.1) is 16.5 Å². The molecule has 0 aliphatic carbocycles. The summed E-state index contributed by atoms with van der Waals surface area (Å²) in [5, 5.41) is 16.3. The average Bonchev–Trinajstić information content (AvgIpc) is 3.01. The number of carbonyl (C=O) groups excluding carboxylic acids is 2. The molecule has 0 radical (unpaired) electrons. The van der Waals surface area contributed by atoms with E-state index in [1.54, 1.807) is 12.1 Å². The van der Waals surface area contributed by atoms with Crippen LogP contribution in [0.2, 0.25) is 0 Å². The molecular weight excluding hydrogens is 392 g/mol. The van der Waals surface area contributed by atoms with Gasteiger partial charge in [0.25, 0.3) is 5.69 Å². The van der Waals surface area contributed by atoms with Crippen molar-refractivity contribution in [3.8, 4) is 0 Å². The van der Waals surface area contributed by atoms with Gasteiger partial charge in [-0.2, -0.15) is 0 Å². The summed E-state index contributed by atoms with van der Waals surface area (Å²) < 4.78 is 6.42. The van der Waals surface area contributed by atoms with Gasteiger partial charge in [-0.25, -0.2) is 4.79 Å². The second kappa shape index (κ2) is 9.03. The minimum atomic E-state index is -0.620. The van der Waals surface area contributed by atoms with E-state index < -0.39 is 10.7 Å². The van der Waals surface area contributed by atoms with Crippen molar-refractivity contribution in [2.24, 2.45) is 0 Å². The van der Waals surface area contributed by atoms with Crippen LogP contribution in [0.15, 0.2) is 51.7 Å². The number of nitrogens with zero attached hydrogens (tertiary/aromatic N) is 2. The van der Waals surface area contributed by atoms with Gasteiger partial charge in [-0.05, 0) is 30.2 Å².